The Morgan fingerprint density at radius 1 is 1.32 bits per heavy atom. The predicted molar refractivity (Wildman–Crippen MR) is 98.3 cm³/mol. The monoisotopic (exact) mass is 358 g/mol. The van der Waals surface area contributed by atoms with Gasteiger partial charge >= 0.3 is 0 Å². The number of aromatic amines is 1. The second-order valence-electron chi connectivity index (χ2n) is 6.75. The molecule has 2 amide bonds. The molecule has 1 unspecified atom stereocenters. The highest BCUT2D eigenvalue weighted by atomic mass is 32.2. The number of piperidine rings is 1. The number of hydrogen-bond donors (Lipinski definition) is 1. The van der Waals surface area contributed by atoms with E-state index in [0.29, 0.717) is 17.5 Å². The highest BCUT2D eigenvalue weighted by Gasteiger charge is 2.37. The smallest absolute Gasteiger partial charge is 0.246 e. The third-order valence-electron chi connectivity index (χ3n) is 5.30. The minimum Gasteiger partial charge on any atom is -0.346 e. The number of hydrogen-bond acceptors (Lipinski definition) is 4. The molecule has 2 aliphatic rings. The highest BCUT2D eigenvalue weighted by Crippen LogP contribution is 2.33. The van der Waals surface area contributed by atoms with Crippen molar-refractivity contribution in [3.05, 3.63) is 30.1 Å². The summed E-state index contributed by atoms with van der Waals surface area (Å²) in [7, 11) is 0. The van der Waals surface area contributed by atoms with Crippen molar-refractivity contribution in [3.63, 3.8) is 0 Å². The first-order valence-corrected chi connectivity index (χ1v) is 9.86. The first-order chi connectivity index (χ1) is 12.1. The lowest BCUT2D eigenvalue weighted by molar-refractivity contribution is -0.143. The third kappa shape index (κ3) is 3.01. The molecule has 0 saturated carbocycles. The molecule has 7 heteroatoms. The van der Waals surface area contributed by atoms with E-state index >= 15 is 0 Å². The predicted octanol–water partition coefficient (Wildman–Crippen LogP) is 2.19. The summed E-state index contributed by atoms with van der Waals surface area (Å²) < 4.78 is 0. The Morgan fingerprint density at radius 2 is 2.12 bits per heavy atom. The van der Waals surface area contributed by atoms with Gasteiger partial charge in [-0.25, -0.2) is 4.98 Å². The summed E-state index contributed by atoms with van der Waals surface area (Å²) in [6.07, 6.45) is 5.76. The van der Waals surface area contributed by atoms with Gasteiger partial charge in [-0.1, -0.05) is 0 Å². The molecular weight excluding hydrogens is 336 g/mol. The van der Waals surface area contributed by atoms with E-state index in [4.69, 9.17) is 0 Å². The Morgan fingerprint density at radius 3 is 2.88 bits per heavy atom. The molecule has 0 radical (unpaired) electrons. The zero-order chi connectivity index (χ0) is 17.4. The summed E-state index contributed by atoms with van der Waals surface area (Å²) in [5.41, 5.74) is 2.23. The van der Waals surface area contributed by atoms with Gasteiger partial charge in [-0.3, -0.25) is 9.59 Å². The molecule has 0 bridgehead atoms. The number of fused-ring (bicyclic) bond motifs is 1. The Hall–Kier alpha value is -2.02. The largest absolute Gasteiger partial charge is 0.346 e. The summed E-state index contributed by atoms with van der Waals surface area (Å²) in [4.78, 5) is 35.8. The first-order valence-electron chi connectivity index (χ1n) is 8.71. The molecule has 0 aromatic carbocycles. The fourth-order valence-electron chi connectivity index (χ4n) is 3.89. The number of pyridine rings is 1. The Bertz CT molecular complexity index is 797. The number of likely N-dealkylation sites (tertiary alicyclic amines) is 1. The molecule has 2 aliphatic heterocycles. The van der Waals surface area contributed by atoms with E-state index in [-0.39, 0.29) is 17.9 Å². The lowest BCUT2D eigenvalue weighted by Crippen LogP contribution is -2.50. The van der Waals surface area contributed by atoms with Gasteiger partial charge in [-0.05, 0) is 36.5 Å². The SMILES string of the molecule is CC(=O)N1CSCC1C(=O)N1CCC(c2c[nH]c3ncccc23)CC1. The maximum Gasteiger partial charge on any atom is 0.246 e. The molecule has 1 atom stereocenters. The van der Waals surface area contributed by atoms with Crippen molar-refractivity contribution < 1.29 is 9.59 Å². The van der Waals surface area contributed by atoms with Crippen LogP contribution in [0.3, 0.4) is 0 Å². The van der Waals surface area contributed by atoms with Crippen LogP contribution in [0, 0.1) is 0 Å². The van der Waals surface area contributed by atoms with Crippen LogP contribution in [0.1, 0.15) is 31.2 Å². The third-order valence-corrected chi connectivity index (χ3v) is 6.31. The van der Waals surface area contributed by atoms with Gasteiger partial charge in [-0.15, -0.1) is 11.8 Å². The summed E-state index contributed by atoms with van der Waals surface area (Å²) in [6.45, 7) is 3.05. The fraction of sp³-hybridized carbons (Fsp3) is 0.500. The number of carbonyl (C=O) groups is 2. The number of nitrogens with one attached hydrogen (secondary N) is 1. The van der Waals surface area contributed by atoms with Crippen LogP contribution in [-0.2, 0) is 9.59 Å². The number of nitrogens with zero attached hydrogens (tertiary/aromatic N) is 3. The van der Waals surface area contributed by atoms with Crippen LogP contribution in [-0.4, -0.2) is 62.3 Å². The van der Waals surface area contributed by atoms with Crippen LogP contribution in [0.4, 0.5) is 0 Å². The average Bonchev–Trinajstić information content (AvgIpc) is 3.28. The van der Waals surface area contributed by atoms with Crippen molar-refractivity contribution in [1.82, 2.24) is 19.8 Å². The molecule has 0 spiro atoms. The van der Waals surface area contributed by atoms with Crippen LogP contribution in [0.25, 0.3) is 11.0 Å². The van der Waals surface area contributed by atoms with Gasteiger partial charge in [0.25, 0.3) is 0 Å². The Kier molecular flexibility index (Phi) is 4.41. The van der Waals surface area contributed by atoms with Gasteiger partial charge < -0.3 is 14.8 Å². The molecule has 25 heavy (non-hydrogen) atoms. The minimum atomic E-state index is -0.281. The van der Waals surface area contributed by atoms with Gasteiger partial charge in [-0.2, -0.15) is 0 Å². The maximum absolute atomic E-state index is 12.8. The fourth-order valence-corrected chi connectivity index (χ4v) is 5.10. The summed E-state index contributed by atoms with van der Waals surface area (Å²) in [5.74, 6) is 1.89. The van der Waals surface area contributed by atoms with E-state index in [2.05, 4.69) is 22.2 Å². The molecular formula is C18H22N4O2S. The standard InChI is InChI=1S/C18H22N4O2S/c1-12(23)22-11-25-10-16(22)18(24)21-7-4-13(5-8-21)15-9-20-17-14(15)3-2-6-19-17/h2-3,6,9,13,16H,4-5,7-8,10-11H2,1H3,(H,19,20). The molecule has 4 heterocycles. The van der Waals surface area contributed by atoms with Gasteiger partial charge in [0.2, 0.25) is 11.8 Å². The van der Waals surface area contributed by atoms with Crippen molar-refractivity contribution in [1.29, 1.82) is 0 Å². The van der Waals surface area contributed by atoms with Gasteiger partial charge in [0, 0.05) is 43.5 Å². The molecule has 0 aliphatic carbocycles. The van der Waals surface area contributed by atoms with E-state index in [1.165, 1.54) is 10.9 Å². The van der Waals surface area contributed by atoms with E-state index in [0.717, 1.165) is 31.6 Å². The molecule has 4 rings (SSSR count). The Labute approximate surface area is 151 Å². The van der Waals surface area contributed by atoms with Crippen molar-refractivity contribution in [2.45, 2.75) is 31.7 Å². The Balaban J connectivity index is 1.43. The second-order valence-corrected chi connectivity index (χ2v) is 7.75. The second kappa shape index (κ2) is 6.71. The normalized spacial score (nSPS) is 21.9. The topological polar surface area (TPSA) is 69.3 Å². The van der Waals surface area contributed by atoms with E-state index in [9.17, 15) is 9.59 Å². The van der Waals surface area contributed by atoms with Crippen molar-refractivity contribution in [2.24, 2.45) is 0 Å². The van der Waals surface area contributed by atoms with Gasteiger partial charge in [0.15, 0.2) is 0 Å². The van der Waals surface area contributed by atoms with E-state index in [1.54, 1.807) is 29.8 Å². The zero-order valence-electron chi connectivity index (χ0n) is 14.3. The van der Waals surface area contributed by atoms with Crippen molar-refractivity contribution in [2.75, 3.05) is 24.7 Å². The maximum atomic E-state index is 12.8. The number of thioether (sulfide) groups is 1. The quantitative estimate of drug-likeness (QED) is 0.893. The number of H-pyrrole nitrogens is 1. The van der Waals surface area contributed by atoms with Crippen molar-refractivity contribution in [3.8, 4) is 0 Å². The number of rotatable bonds is 2. The van der Waals surface area contributed by atoms with Crippen LogP contribution in [0.15, 0.2) is 24.5 Å². The lowest BCUT2D eigenvalue weighted by atomic mass is 9.89. The highest BCUT2D eigenvalue weighted by molar-refractivity contribution is 7.99. The van der Waals surface area contributed by atoms with E-state index in [1.807, 2.05) is 11.0 Å². The minimum absolute atomic E-state index is 0.00970. The number of amides is 2. The number of aromatic nitrogens is 2. The van der Waals surface area contributed by atoms with Crippen LogP contribution in [0.5, 0.6) is 0 Å². The van der Waals surface area contributed by atoms with E-state index < -0.39 is 0 Å². The van der Waals surface area contributed by atoms with Crippen LogP contribution < -0.4 is 0 Å². The van der Waals surface area contributed by atoms with Crippen LogP contribution >= 0.6 is 11.8 Å². The number of carbonyl (C=O) groups excluding carboxylic acids is 2. The first kappa shape index (κ1) is 16.4. The molecule has 2 aromatic rings. The molecule has 132 valence electrons. The molecule has 2 saturated heterocycles. The van der Waals surface area contributed by atoms with Gasteiger partial charge in [0.05, 0.1) is 5.88 Å². The lowest BCUT2D eigenvalue weighted by Gasteiger charge is -2.35. The van der Waals surface area contributed by atoms with Crippen LogP contribution in [0.2, 0.25) is 0 Å². The molecule has 6 nitrogen and oxygen atoms in total. The summed E-state index contributed by atoms with van der Waals surface area (Å²) >= 11 is 1.66. The van der Waals surface area contributed by atoms with Gasteiger partial charge in [0.1, 0.15) is 11.7 Å². The molecule has 2 aromatic heterocycles. The molecule has 2 fully saturated rings. The summed E-state index contributed by atoms with van der Waals surface area (Å²) in [6, 6.07) is 3.79. The summed E-state index contributed by atoms with van der Waals surface area (Å²) in [5, 5.41) is 1.18. The average molecular weight is 358 g/mol. The molecule has 1 N–H and O–H groups in total. The zero-order valence-corrected chi connectivity index (χ0v) is 15.1. The van der Waals surface area contributed by atoms with Crippen molar-refractivity contribution >= 4 is 34.6 Å².